The van der Waals surface area contributed by atoms with Crippen molar-refractivity contribution in [3.63, 3.8) is 0 Å². The lowest BCUT2D eigenvalue weighted by Gasteiger charge is -2.14. The number of nitrogens with zero attached hydrogens (tertiary/aromatic N) is 6. The number of benzene rings is 4. The molecule has 4 atom stereocenters. The van der Waals surface area contributed by atoms with E-state index >= 15 is 0 Å². The van der Waals surface area contributed by atoms with E-state index < -0.39 is 59.0 Å². The Morgan fingerprint density at radius 3 is 1.39 bits per heavy atom. The third-order valence-electron chi connectivity index (χ3n) is 11.5. The monoisotopic (exact) mass is 846 g/mol. The minimum absolute atomic E-state index is 0.0117. The number of aryl methyl sites for hydroxylation is 4. The number of anilines is 2. The predicted octanol–water partition coefficient (Wildman–Crippen LogP) is 5.55. The molecule has 0 spiro atoms. The fraction of sp³-hybridized carbons (Fsp3) is 0.273. The van der Waals surface area contributed by atoms with Crippen molar-refractivity contribution in [2.24, 2.45) is 0 Å². The van der Waals surface area contributed by atoms with Gasteiger partial charge in [-0.05, 0) is 72.9 Å². The van der Waals surface area contributed by atoms with Crippen molar-refractivity contribution < 1.29 is 36.7 Å². The average molecular weight is 847 g/mol. The van der Waals surface area contributed by atoms with Crippen LogP contribution in [0.4, 0.5) is 28.9 Å². The standard InChI is InChI=1S/2C22H19F2N5O2/c2*23-14-10-13-6-7-17(21(30)26-18(13)16(24)11-14)25-22(31)19-27-20-15(8-9-29(20)28-19)12-4-2-1-3-5-12/h2*1-5,10-11,15,17H,6-9H2,(H,25,31)(H,26,30)/t15-,17+;15-,17-/m10/s1. The van der Waals surface area contributed by atoms with E-state index in [1.54, 1.807) is 9.36 Å². The number of hydrogen-bond acceptors (Lipinski definition) is 8. The maximum atomic E-state index is 14.0. The quantitative estimate of drug-likeness (QED) is 0.158. The van der Waals surface area contributed by atoms with E-state index in [0.29, 0.717) is 35.9 Å². The van der Waals surface area contributed by atoms with Gasteiger partial charge in [0.05, 0.1) is 11.4 Å². The fourth-order valence-electron chi connectivity index (χ4n) is 8.44. The van der Waals surface area contributed by atoms with Gasteiger partial charge in [-0.2, -0.15) is 0 Å². The number of rotatable bonds is 6. The topological polar surface area (TPSA) is 178 Å². The molecule has 62 heavy (non-hydrogen) atoms. The number of hydrogen-bond donors (Lipinski definition) is 4. The minimum Gasteiger partial charge on any atom is -0.337 e. The third kappa shape index (κ3) is 8.02. The zero-order valence-corrected chi connectivity index (χ0v) is 32.9. The number of fused-ring (bicyclic) bond motifs is 4. The zero-order chi connectivity index (χ0) is 43.1. The van der Waals surface area contributed by atoms with Gasteiger partial charge in [0, 0.05) is 37.1 Å². The summed E-state index contributed by atoms with van der Waals surface area (Å²) >= 11 is 0. The fourth-order valence-corrected chi connectivity index (χ4v) is 8.44. The largest absolute Gasteiger partial charge is 0.337 e. The predicted molar refractivity (Wildman–Crippen MR) is 215 cm³/mol. The highest BCUT2D eigenvalue weighted by atomic mass is 19.1. The lowest BCUT2D eigenvalue weighted by molar-refractivity contribution is -0.118. The molecule has 316 valence electrons. The van der Waals surface area contributed by atoms with Crippen molar-refractivity contribution in [1.29, 1.82) is 0 Å². The summed E-state index contributed by atoms with van der Waals surface area (Å²) < 4.78 is 58.5. The number of carbonyl (C=O) groups excluding carboxylic acids is 4. The van der Waals surface area contributed by atoms with Crippen molar-refractivity contribution in [3.05, 3.63) is 154 Å². The molecule has 0 saturated carbocycles. The molecule has 4 N–H and O–H groups in total. The summed E-state index contributed by atoms with van der Waals surface area (Å²) in [5.74, 6) is -3.86. The van der Waals surface area contributed by atoms with Crippen molar-refractivity contribution in [2.75, 3.05) is 10.6 Å². The molecule has 0 bridgehead atoms. The van der Waals surface area contributed by atoms with E-state index in [1.807, 2.05) is 60.7 Å². The summed E-state index contributed by atoms with van der Waals surface area (Å²) in [7, 11) is 0. The van der Waals surface area contributed by atoms with E-state index in [-0.39, 0.29) is 60.5 Å². The van der Waals surface area contributed by atoms with Crippen molar-refractivity contribution >= 4 is 35.0 Å². The lowest BCUT2D eigenvalue weighted by Crippen LogP contribution is -2.43. The van der Waals surface area contributed by atoms with Gasteiger partial charge in [-0.15, -0.1) is 10.2 Å². The molecule has 6 heterocycles. The first-order valence-corrected chi connectivity index (χ1v) is 20.2. The average Bonchev–Trinajstić information content (AvgIpc) is 4.02. The summed E-state index contributed by atoms with van der Waals surface area (Å²) in [4.78, 5) is 59.4. The van der Waals surface area contributed by atoms with Crippen molar-refractivity contribution in [1.82, 2.24) is 40.2 Å². The number of nitrogens with one attached hydrogen (secondary N) is 4. The van der Waals surface area contributed by atoms with Crippen LogP contribution >= 0.6 is 0 Å². The number of carbonyl (C=O) groups is 4. The normalized spacial score (nSPS) is 19.9. The second kappa shape index (κ2) is 16.7. The van der Waals surface area contributed by atoms with Gasteiger partial charge in [0.25, 0.3) is 11.8 Å². The summed E-state index contributed by atoms with van der Waals surface area (Å²) in [6, 6.07) is 21.8. The number of amides is 4. The molecule has 0 unspecified atom stereocenters. The Morgan fingerprint density at radius 1 is 0.581 bits per heavy atom. The molecule has 4 aliphatic rings. The molecular formula is C44H38F4N10O4. The van der Waals surface area contributed by atoms with Crippen LogP contribution in [-0.4, -0.2) is 65.2 Å². The molecule has 10 rings (SSSR count). The van der Waals surface area contributed by atoms with Gasteiger partial charge >= 0.3 is 0 Å². The number of halogens is 4. The smallest absolute Gasteiger partial charge is 0.291 e. The molecule has 4 amide bonds. The van der Waals surface area contributed by atoms with Gasteiger partial charge < -0.3 is 21.3 Å². The Bertz CT molecular complexity index is 2540. The highest BCUT2D eigenvalue weighted by Gasteiger charge is 2.34. The summed E-state index contributed by atoms with van der Waals surface area (Å²) in [5.41, 5.74) is 2.83. The van der Waals surface area contributed by atoms with Gasteiger partial charge in [0.15, 0.2) is 0 Å². The first-order chi connectivity index (χ1) is 30.0. The van der Waals surface area contributed by atoms with Gasteiger partial charge in [-0.1, -0.05) is 60.7 Å². The maximum Gasteiger partial charge on any atom is 0.291 e. The van der Waals surface area contributed by atoms with Crippen LogP contribution in [0, 0.1) is 23.3 Å². The van der Waals surface area contributed by atoms with Gasteiger partial charge in [0.2, 0.25) is 23.5 Å². The molecular weight excluding hydrogens is 809 g/mol. The Kier molecular flexibility index (Phi) is 10.8. The SMILES string of the molecule is O=C(N[C@H]1CCc2cc(F)cc(F)c2NC1=O)c1nc2n(n1)CC[C@@H]2c1ccccc1.O=C(N[C@H]1CCc2cc(F)cc(F)c2NC1=O)c1nc2n(n1)CC[C@H]2c1ccccc1. The second-order valence-electron chi connectivity index (χ2n) is 15.5. The van der Waals surface area contributed by atoms with E-state index in [1.165, 1.54) is 12.1 Å². The van der Waals surface area contributed by atoms with Gasteiger partial charge in [0.1, 0.15) is 47.0 Å². The number of aromatic nitrogens is 6. The summed E-state index contributed by atoms with van der Waals surface area (Å²) in [5, 5.41) is 18.8. The van der Waals surface area contributed by atoms with Gasteiger partial charge in [-0.3, -0.25) is 19.2 Å². The Labute approximate surface area is 351 Å². The molecule has 0 radical (unpaired) electrons. The van der Waals surface area contributed by atoms with Gasteiger partial charge in [-0.25, -0.2) is 36.9 Å². The van der Waals surface area contributed by atoms with Crippen LogP contribution in [0.3, 0.4) is 0 Å². The molecule has 4 aromatic carbocycles. The maximum absolute atomic E-state index is 14.0. The Balaban J connectivity index is 0.000000158. The second-order valence-corrected chi connectivity index (χ2v) is 15.5. The Hall–Kier alpha value is -7.24. The first-order valence-electron chi connectivity index (χ1n) is 20.2. The molecule has 2 aromatic heterocycles. The first kappa shape index (κ1) is 40.2. The lowest BCUT2D eigenvalue weighted by atomic mass is 9.97. The molecule has 0 saturated heterocycles. The molecule has 14 nitrogen and oxygen atoms in total. The summed E-state index contributed by atoms with van der Waals surface area (Å²) in [6.07, 6.45) is 2.58. The molecule has 4 aliphatic heterocycles. The van der Waals surface area contributed by atoms with E-state index in [4.69, 9.17) is 0 Å². The van der Waals surface area contributed by atoms with E-state index in [0.717, 1.165) is 36.1 Å². The highest BCUT2D eigenvalue weighted by Crippen LogP contribution is 2.34. The molecule has 0 aliphatic carbocycles. The third-order valence-corrected chi connectivity index (χ3v) is 11.5. The molecule has 18 heteroatoms. The Morgan fingerprint density at radius 2 is 0.984 bits per heavy atom. The van der Waals surface area contributed by atoms with Crippen molar-refractivity contribution in [3.8, 4) is 0 Å². The van der Waals surface area contributed by atoms with Crippen LogP contribution < -0.4 is 21.3 Å². The van der Waals surface area contributed by atoms with Crippen LogP contribution in [0.1, 0.15) is 92.7 Å². The van der Waals surface area contributed by atoms with Crippen LogP contribution in [0.5, 0.6) is 0 Å². The highest BCUT2D eigenvalue weighted by molar-refractivity contribution is 6.01. The minimum atomic E-state index is -0.911. The van der Waals surface area contributed by atoms with Crippen molar-refractivity contribution in [2.45, 2.75) is 75.5 Å². The van der Waals surface area contributed by atoms with E-state index in [9.17, 15) is 36.7 Å². The molecule has 6 aromatic rings. The van der Waals surface area contributed by atoms with Crippen LogP contribution in [0.2, 0.25) is 0 Å². The summed E-state index contributed by atoms with van der Waals surface area (Å²) in [6.45, 7) is 1.30. The molecule has 0 fully saturated rings. The van der Waals surface area contributed by atoms with Crippen LogP contribution in [0.15, 0.2) is 84.9 Å². The zero-order valence-electron chi connectivity index (χ0n) is 32.9. The van der Waals surface area contributed by atoms with Crippen LogP contribution in [0.25, 0.3) is 0 Å². The van der Waals surface area contributed by atoms with Crippen LogP contribution in [-0.2, 0) is 35.5 Å². The van der Waals surface area contributed by atoms with E-state index in [2.05, 4.69) is 41.4 Å².